The molecular formula is C15H15ClN2O2. The van der Waals surface area contributed by atoms with Crippen LogP contribution in [0.5, 0.6) is 5.75 Å². The third kappa shape index (κ3) is 3.42. The van der Waals surface area contributed by atoms with Crippen molar-refractivity contribution in [2.45, 2.75) is 13.5 Å². The van der Waals surface area contributed by atoms with Crippen LogP contribution in [0.2, 0.25) is 5.02 Å². The van der Waals surface area contributed by atoms with Crippen molar-refractivity contribution in [1.82, 2.24) is 0 Å². The highest BCUT2D eigenvalue weighted by atomic mass is 35.5. The second-order valence-electron chi connectivity index (χ2n) is 4.39. The molecule has 0 saturated carbocycles. The van der Waals surface area contributed by atoms with E-state index in [-0.39, 0.29) is 5.84 Å². The van der Waals surface area contributed by atoms with Gasteiger partial charge in [-0.15, -0.1) is 0 Å². The summed E-state index contributed by atoms with van der Waals surface area (Å²) in [6.45, 7) is 2.38. The lowest BCUT2D eigenvalue weighted by molar-refractivity contribution is 0.306. The van der Waals surface area contributed by atoms with Gasteiger partial charge in [-0.25, -0.2) is 0 Å². The monoisotopic (exact) mass is 290 g/mol. The fraction of sp³-hybridized carbons (Fsp3) is 0.133. The van der Waals surface area contributed by atoms with E-state index in [2.05, 4.69) is 5.16 Å². The van der Waals surface area contributed by atoms with Gasteiger partial charge in [0.15, 0.2) is 5.84 Å². The summed E-state index contributed by atoms with van der Waals surface area (Å²) in [4.78, 5) is 0. The van der Waals surface area contributed by atoms with Crippen LogP contribution in [-0.4, -0.2) is 11.0 Å². The van der Waals surface area contributed by atoms with E-state index in [1.165, 1.54) is 5.56 Å². The fourth-order valence-corrected chi connectivity index (χ4v) is 1.91. The predicted molar refractivity (Wildman–Crippen MR) is 79.5 cm³/mol. The lowest BCUT2D eigenvalue weighted by atomic mass is 10.1. The average Bonchev–Trinajstić information content (AvgIpc) is 2.46. The summed E-state index contributed by atoms with van der Waals surface area (Å²) in [7, 11) is 0. The molecule has 3 N–H and O–H groups in total. The number of oxime groups is 1. The first kappa shape index (κ1) is 14.2. The van der Waals surface area contributed by atoms with Crippen LogP contribution >= 0.6 is 11.6 Å². The molecule has 104 valence electrons. The number of rotatable bonds is 4. The maximum absolute atomic E-state index is 8.62. The van der Waals surface area contributed by atoms with Crippen molar-refractivity contribution in [3.05, 3.63) is 64.2 Å². The second-order valence-corrected chi connectivity index (χ2v) is 4.80. The number of amidine groups is 1. The van der Waals surface area contributed by atoms with Crippen LogP contribution in [-0.2, 0) is 6.61 Å². The smallest absolute Gasteiger partial charge is 0.170 e. The first-order valence-electron chi connectivity index (χ1n) is 6.06. The van der Waals surface area contributed by atoms with E-state index >= 15 is 0 Å². The molecule has 0 heterocycles. The van der Waals surface area contributed by atoms with E-state index in [4.69, 9.17) is 27.3 Å². The molecule has 0 bridgehead atoms. The molecule has 0 aliphatic heterocycles. The number of aryl methyl sites for hydroxylation is 1. The Morgan fingerprint density at radius 3 is 2.55 bits per heavy atom. The summed E-state index contributed by atoms with van der Waals surface area (Å²) in [5.74, 6) is 0.810. The molecule has 5 heteroatoms. The third-order valence-corrected chi connectivity index (χ3v) is 3.22. The van der Waals surface area contributed by atoms with Crippen molar-refractivity contribution in [2.24, 2.45) is 10.9 Å². The zero-order chi connectivity index (χ0) is 14.5. The maximum Gasteiger partial charge on any atom is 0.170 e. The molecule has 2 aromatic rings. The highest BCUT2D eigenvalue weighted by Crippen LogP contribution is 2.20. The van der Waals surface area contributed by atoms with E-state index in [1.54, 1.807) is 18.2 Å². The van der Waals surface area contributed by atoms with Crippen LogP contribution in [0.1, 0.15) is 16.7 Å². The van der Waals surface area contributed by atoms with Crippen molar-refractivity contribution < 1.29 is 9.94 Å². The summed E-state index contributed by atoms with van der Waals surface area (Å²) in [5.41, 5.74) is 8.08. The van der Waals surface area contributed by atoms with Gasteiger partial charge in [-0.2, -0.15) is 0 Å². The minimum Gasteiger partial charge on any atom is -0.489 e. The van der Waals surface area contributed by atoms with Crippen LogP contribution in [0.25, 0.3) is 0 Å². The molecule has 0 fully saturated rings. The van der Waals surface area contributed by atoms with Crippen LogP contribution in [0.4, 0.5) is 0 Å². The van der Waals surface area contributed by atoms with Crippen LogP contribution in [0, 0.1) is 6.92 Å². The summed E-state index contributed by atoms with van der Waals surface area (Å²) < 4.78 is 5.66. The molecule has 2 aromatic carbocycles. The molecule has 0 radical (unpaired) electrons. The third-order valence-electron chi connectivity index (χ3n) is 2.87. The molecular weight excluding hydrogens is 276 g/mol. The van der Waals surface area contributed by atoms with Crippen molar-refractivity contribution in [3.63, 3.8) is 0 Å². The van der Waals surface area contributed by atoms with E-state index in [0.29, 0.717) is 17.2 Å². The van der Waals surface area contributed by atoms with E-state index < -0.39 is 0 Å². The van der Waals surface area contributed by atoms with Crippen LogP contribution < -0.4 is 10.5 Å². The van der Waals surface area contributed by atoms with Crippen molar-refractivity contribution in [3.8, 4) is 5.75 Å². The highest BCUT2D eigenvalue weighted by molar-refractivity contribution is 6.31. The van der Waals surface area contributed by atoms with Crippen LogP contribution in [0.15, 0.2) is 47.6 Å². The lowest BCUT2D eigenvalue weighted by Gasteiger charge is -2.09. The van der Waals surface area contributed by atoms with Gasteiger partial charge in [-0.1, -0.05) is 46.6 Å². The lowest BCUT2D eigenvalue weighted by Crippen LogP contribution is -2.13. The SMILES string of the molecule is Cc1ccc(OCc2ccc(/C(N)=N/O)cc2Cl)cc1. The molecule has 0 atom stereocenters. The minimum absolute atomic E-state index is 0.0258. The number of nitrogens with two attached hydrogens (primary N) is 1. The van der Waals surface area contributed by atoms with Gasteiger partial charge < -0.3 is 15.7 Å². The van der Waals surface area contributed by atoms with E-state index in [9.17, 15) is 0 Å². The summed E-state index contributed by atoms with van der Waals surface area (Å²) in [6.07, 6.45) is 0. The Labute approximate surface area is 122 Å². The van der Waals surface area contributed by atoms with E-state index in [0.717, 1.165) is 11.3 Å². The zero-order valence-electron chi connectivity index (χ0n) is 11.0. The second kappa shape index (κ2) is 6.30. The molecule has 0 unspecified atom stereocenters. The first-order valence-corrected chi connectivity index (χ1v) is 6.43. The van der Waals surface area contributed by atoms with Gasteiger partial charge in [0.25, 0.3) is 0 Å². The first-order chi connectivity index (χ1) is 9.60. The molecule has 0 aliphatic carbocycles. The number of ether oxygens (including phenoxy) is 1. The van der Waals surface area contributed by atoms with Crippen molar-refractivity contribution in [1.29, 1.82) is 0 Å². The van der Waals surface area contributed by atoms with Gasteiger partial charge in [0.2, 0.25) is 0 Å². The zero-order valence-corrected chi connectivity index (χ0v) is 11.8. The van der Waals surface area contributed by atoms with Crippen LogP contribution in [0.3, 0.4) is 0 Å². The quantitative estimate of drug-likeness (QED) is 0.393. The number of hydrogen-bond acceptors (Lipinski definition) is 3. The predicted octanol–water partition coefficient (Wildman–Crippen LogP) is 3.32. The molecule has 20 heavy (non-hydrogen) atoms. The molecule has 0 amide bonds. The molecule has 4 nitrogen and oxygen atoms in total. The number of hydrogen-bond donors (Lipinski definition) is 2. The molecule has 0 aromatic heterocycles. The fourth-order valence-electron chi connectivity index (χ4n) is 1.68. The van der Waals surface area contributed by atoms with Gasteiger partial charge in [-0.3, -0.25) is 0 Å². The largest absolute Gasteiger partial charge is 0.489 e. The molecule has 0 spiro atoms. The summed E-state index contributed by atoms with van der Waals surface area (Å²) in [6, 6.07) is 13.0. The Morgan fingerprint density at radius 1 is 1.25 bits per heavy atom. The number of halogens is 1. The number of nitrogens with zero attached hydrogens (tertiary/aromatic N) is 1. The van der Waals surface area contributed by atoms with Gasteiger partial charge >= 0.3 is 0 Å². The summed E-state index contributed by atoms with van der Waals surface area (Å²) >= 11 is 6.15. The van der Waals surface area contributed by atoms with Gasteiger partial charge in [0, 0.05) is 16.1 Å². The van der Waals surface area contributed by atoms with Gasteiger partial charge in [0.05, 0.1) is 0 Å². The van der Waals surface area contributed by atoms with Gasteiger partial charge in [-0.05, 0) is 25.1 Å². The minimum atomic E-state index is 0.0258. The topological polar surface area (TPSA) is 67.8 Å². The highest BCUT2D eigenvalue weighted by Gasteiger charge is 2.06. The van der Waals surface area contributed by atoms with Crippen molar-refractivity contribution in [2.75, 3.05) is 0 Å². The molecule has 0 saturated heterocycles. The maximum atomic E-state index is 8.62. The number of benzene rings is 2. The van der Waals surface area contributed by atoms with E-state index in [1.807, 2.05) is 31.2 Å². The van der Waals surface area contributed by atoms with Gasteiger partial charge in [0.1, 0.15) is 12.4 Å². The Balaban J connectivity index is 2.08. The Bertz CT molecular complexity index is 624. The average molecular weight is 291 g/mol. The molecule has 2 rings (SSSR count). The normalized spacial score (nSPS) is 11.4. The Hall–Kier alpha value is -2.20. The Kier molecular flexibility index (Phi) is 4.48. The Morgan fingerprint density at radius 2 is 1.95 bits per heavy atom. The standard InChI is InChI=1S/C15H15ClN2O2/c1-10-2-6-13(7-3-10)20-9-12-5-4-11(8-14(12)16)15(17)18-19/h2-8,19H,9H2,1H3,(H2,17,18). The van der Waals surface area contributed by atoms with Crippen molar-refractivity contribution >= 4 is 17.4 Å². The molecule has 0 aliphatic rings. The summed E-state index contributed by atoms with van der Waals surface area (Å²) in [5, 5.41) is 12.1.